The Morgan fingerprint density at radius 2 is 1.85 bits per heavy atom. The summed E-state index contributed by atoms with van der Waals surface area (Å²) in [5.41, 5.74) is -0.662. The molecule has 112 valence electrons. The first kappa shape index (κ1) is 15.5. The molecule has 1 fully saturated rings. The molecule has 1 nitrogen and oxygen atoms in total. The Bertz CT molecular complexity index is 473. The van der Waals surface area contributed by atoms with E-state index in [4.69, 9.17) is 11.6 Å². The van der Waals surface area contributed by atoms with Gasteiger partial charge in [0, 0.05) is 6.04 Å². The van der Waals surface area contributed by atoms with E-state index in [1.807, 2.05) is 0 Å². The first-order chi connectivity index (χ1) is 9.29. The van der Waals surface area contributed by atoms with Gasteiger partial charge in [-0.3, -0.25) is 0 Å². The van der Waals surface area contributed by atoms with Crippen molar-refractivity contribution in [3.8, 4) is 0 Å². The molecular weight excluding hydrogens is 287 g/mol. The van der Waals surface area contributed by atoms with Crippen LogP contribution in [0.5, 0.6) is 0 Å². The van der Waals surface area contributed by atoms with Crippen molar-refractivity contribution in [2.24, 2.45) is 11.8 Å². The lowest BCUT2D eigenvalue weighted by Gasteiger charge is -2.33. The molecule has 1 aliphatic rings. The van der Waals surface area contributed by atoms with Gasteiger partial charge in [-0.05, 0) is 43.2 Å². The number of hydrogen-bond donors (Lipinski definition) is 1. The van der Waals surface area contributed by atoms with Crippen molar-refractivity contribution in [1.82, 2.24) is 0 Å². The van der Waals surface area contributed by atoms with E-state index in [1.165, 1.54) is 12.1 Å². The van der Waals surface area contributed by atoms with E-state index in [2.05, 4.69) is 19.2 Å². The Hall–Kier alpha value is -0.900. The van der Waals surface area contributed by atoms with Crippen molar-refractivity contribution in [2.45, 2.75) is 45.3 Å². The number of alkyl halides is 3. The predicted octanol–water partition coefficient (Wildman–Crippen LogP) is 5.60. The number of anilines is 1. The van der Waals surface area contributed by atoms with Gasteiger partial charge >= 0.3 is 6.18 Å². The molecule has 0 bridgehead atoms. The molecule has 0 aromatic heterocycles. The van der Waals surface area contributed by atoms with Crippen molar-refractivity contribution in [2.75, 3.05) is 5.32 Å². The highest BCUT2D eigenvalue weighted by atomic mass is 35.5. The molecule has 1 aromatic rings. The zero-order chi connectivity index (χ0) is 14.9. The maximum Gasteiger partial charge on any atom is 0.418 e. The number of hydrogen-bond acceptors (Lipinski definition) is 1. The second kappa shape index (κ2) is 5.84. The van der Waals surface area contributed by atoms with Gasteiger partial charge in [0.2, 0.25) is 0 Å². The summed E-state index contributed by atoms with van der Waals surface area (Å²) in [6.45, 7) is 4.34. The predicted molar refractivity (Wildman–Crippen MR) is 76.0 cm³/mol. The lowest BCUT2D eigenvalue weighted by molar-refractivity contribution is -0.137. The fourth-order valence-corrected chi connectivity index (χ4v) is 3.02. The Morgan fingerprint density at radius 3 is 2.45 bits per heavy atom. The molecule has 5 heteroatoms. The van der Waals surface area contributed by atoms with Gasteiger partial charge in [0.05, 0.1) is 16.3 Å². The Morgan fingerprint density at radius 1 is 1.15 bits per heavy atom. The third kappa shape index (κ3) is 3.40. The monoisotopic (exact) mass is 305 g/mol. The van der Waals surface area contributed by atoms with E-state index in [9.17, 15) is 13.2 Å². The highest BCUT2D eigenvalue weighted by Crippen LogP contribution is 2.40. The molecule has 0 amide bonds. The van der Waals surface area contributed by atoms with Gasteiger partial charge in [-0.15, -0.1) is 0 Å². The number of para-hydroxylation sites is 1. The number of nitrogens with one attached hydrogen (secondary N) is 1. The fraction of sp³-hybridized carbons (Fsp3) is 0.600. The van der Waals surface area contributed by atoms with Crippen molar-refractivity contribution in [3.63, 3.8) is 0 Å². The molecular formula is C15H19ClF3N. The van der Waals surface area contributed by atoms with Gasteiger partial charge in [0.1, 0.15) is 0 Å². The van der Waals surface area contributed by atoms with Crippen LogP contribution < -0.4 is 5.32 Å². The quantitative estimate of drug-likeness (QED) is 0.750. The smallest absolute Gasteiger partial charge is 0.381 e. The van der Waals surface area contributed by atoms with Crippen LogP contribution in [0.15, 0.2) is 18.2 Å². The SMILES string of the molecule is CC1CCC(Nc2c(Cl)cccc2C(F)(F)F)CC1C. The summed E-state index contributed by atoms with van der Waals surface area (Å²) in [5.74, 6) is 1.14. The van der Waals surface area contributed by atoms with E-state index in [1.54, 1.807) is 0 Å². The van der Waals surface area contributed by atoms with Crippen molar-refractivity contribution in [1.29, 1.82) is 0 Å². The van der Waals surface area contributed by atoms with Crippen LogP contribution in [-0.4, -0.2) is 6.04 Å². The molecule has 2 rings (SSSR count). The minimum absolute atomic E-state index is 0.0217. The first-order valence-electron chi connectivity index (χ1n) is 6.91. The van der Waals surface area contributed by atoms with Gasteiger partial charge < -0.3 is 5.32 Å². The van der Waals surface area contributed by atoms with Gasteiger partial charge in [-0.2, -0.15) is 13.2 Å². The number of benzene rings is 1. The topological polar surface area (TPSA) is 12.0 Å². The second-order valence-corrected chi connectivity index (χ2v) is 6.18. The third-order valence-corrected chi connectivity index (χ3v) is 4.58. The van der Waals surface area contributed by atoms with Crippen LogP contribution in [-0.2, 0) is 6.18 Å². The van der Waals surface area contributed by atoms with Gasteiger partial charge in [0.15, 0.2) is 0 Å². The minimum atomic E-state index is -4.39. The molecule has 0 saturated heterocycles. The summed E-state index contributed by atoms with van der Waals surface area (Å²) in [4.78, 5) is 0. The lowest BCUT2D eigenvalue weighted by atomic mass is 9.79. The van der Waals surface area contributed by atoms with E-state index in [-0.39, 0.29) is 16.8 Å². The average Bonchev–Trinajstić information content (AvgIpc) is 2.35. The molecule has 3 unspecified atom stereocenters. The first-order valence-corrected chi connectivity index (χ1v) is 7.29. The van der Waals surface area contributed by atoms with Crippen LogP contribution in [0.2, 0.25) is 5.02 Å². The van der Waals surface area contributed by atoms with Crippen molar-refractivity contribution >= 4 is 17.3 Å². The highest BCUT2D eigenvalue weighted by Gasteiger charge is 2.35. The summed E-state index contributed by atoms with van der Waals surface area (Å²) in [6.07, 6.45) is -1.59. The molecule has 0 spiro atoms. The van der Waals surface area contributed by atoms with E-state index in [0.29, 0.717) is 11.8 Å². The summed E-state index contributed by atoms with van der Waals surface area (Å²) < 4.78 is 39.1. The van der Waals surface area contributed by atoms with Crippen LogP contribution in [0.3, 0.4) is 0 Å². The molecule has 0 heterocycles. The summed E-state index contributed by atoms with van der Waals surface area (Å²) >= 11 is 5.96. The zero-order valence-electron chi connectivity index (χ0n) is 11.6. The summed E-state index contributed by atoms with van der Waals surface area (Å²) in [5, 5.41) is 3.15. The van der Waals surface area contributed by atoms with Crippen LogP contribution in [0.1, 0.15) is 38.7 Å². The molecule has 1 saturated carbocycles. The molecule has 0 aliphatic heterocycles. The third-order valence-electron chi connectivity index (χ3n) is 4.27. The van der Waals surface area contributed by atoms with E-state index < -0.39 is 11.7 Å². The summed E-state index contributed by atoms with van der Waals surface area (Å²) in [6, 6.07) is 3.96. The molecule has 1 aliphatic carbocycles. The van der Waals surface area contributed by atoms with Gasteiger partial charge in [-0.1, -0.05) is 31.5 Å². The Balaban J connectivity index is 2.21. The van der Waals surface area contributed by atoms with Crippen LogP contribution in [0.25, 0.3) is 0 Å². The molecule has 3 atom stereocenters. The van der Waals surface area contributed by atoms with E-state index in [0.717, 1.165) is 25.3 Å². The van der Waals surface area contributed by atoms with Crippen LogP contribution in [0, 0.1) is 11.8 Å². The number of rotatable bonds is 2. The maximum absolute atomic E-state index is 13.0. The van der Waals surface area contributed by atoms with Crippen LogP contribution >= 0.6 is 11.6 Å². The largest absolute Gasteiger partial charge is 0.418 e. The summed E-state index contributed by atoms with van der Waals surface area (Å²) in [7, 11) is 0. The molecule has 0 radical (unpaired) electrons. The van der Waals surface area contributed by atoms with E-state index >= 15 is 0 Å². The average molecular weight is 306 g/mol. The molecule has 1 N–H and O–H groups in total. The molecule has 1 aromatic carbocycles. The Labute approximate surface area is 122 Å². The maximum atomic E-state index is 13.0. The second-order valence-electron chi connectivity index (χ2n) is 5.77. The zero-order valence-corrected chi connectivity index (χ0v) is 12.4. The number of halogens is 4. The minimum Gasteiger partial charge on any atom is -0.381 e. The highest BCUT2D eigenvalue weighted by molar-refractivity contribution is 6.33. The molecule has 20 heavy (non-hydrogen) atoms. The van der Waals surface area contributed by atoms with Crippen molar-refractivity contribution < 1.29 is 13.2 Å². The lowest BCUT2D eigenvalue weighted by Crippen LogP contribution is -2.31. The van der Waals surface area contributed by atoms with Gasteiger partial charge in [-0.25, -0.2) is 0 Å². The van der Waals surface area contributed by atoms with Crippen LogP contribution in [0.4, 0.5) is 18.9 Å². The van der Waals surface area contributed by atoms with Gasteiger partial charge in [0.25, 0.3) is 0 Å². The normalized spacial score (nSPS) is 27.4. The van der Waals surface area contributed by atoms with Crippen molar-refractivity contribution in [3.05, 3.63) is 28.8 Å². The standard InChI is InChI=1S/C15H19ClF3N/c1-9-6-7-11(8-10(9)2)20-14-12(15(17,18)19)4-3-5-13(14)16/h3-5,9-11,20H,6-8H2,1-2H3. The fourth-order valence-electron chi connectivity index (χ4n) is 2.79. The Kier molecular flexibility index (Phi) is 4.52.